The van der Waals surface area contributed by atoms with Crippen molar-refractivity contribution in [1.82, 2.24) is 15.2 Å². The van der Waals surface area contributed by atoms with Crippen LogP contribution in [0.4, 0.5) is 0 Å². The molecule has 18 heavy (non-hydrogen) atoms. The number of hydrogen-bond donors (Lipinski definition) is 1. The van der Waals surface area contributed by atoms with Gasteiger partial charge in [0.1, 0.15) is 11.0 Å². The highest BCUT2D eigenvalue weighted by atomic mass is 32.2. The van der Waals surface area contributed by atoms with Crippen molar-refractivity contribution in [2.75, 3.05) is 0 Å². The number of benzene rings is 1. The number of fused-ring (bicyclic) bond motifs is 1. The van der Waals surface area contributed by atoms with Crippen molar-refractivity contribution in [3.63, 3.8) is 0 Å². The third-order valence-electron chi connectivity index (χ3n) is 2.13. The van der Waals surface area contributed by atoms with Crippen LogP contribution < -0.4 is 0 Å². The quantitative estimate of drug-likeness (QED) is 0.787. The van der Waals surface area contributed by atoms with Crippen molar-refractivity contribution in [1.29, 1.82) is 0 Å². The number of nitrogens with zero attached hydrogens (tertiary/aromatic N) is 3. The van der Waals surface area contributed by atoms with Gasteiger partial charge in [0.25, 0.3) is 5.22 Å². The van der Waals surface area contributed by atoms with Gasteiger partial charge in [0, 0.05) is 11.8 Å². The molecule has 0 aliphatic carbocycles. The Kier molecular flexibility index (Phi) is 2.73. The summed E-state index contributed by atoms with van der Waals surface area (Å²) in [6, 6.07) is 4.56. The number of oxazole rings is 1. The SMILES string of the molecule is O=C(O)c1ccc2nc(Sc3nncs3)oc2c1. The zero-order chi connectivity index (χ0) is 12.5. The van der Waals surface area contributed by atoms with Gasteiger partial charge in [-0.15, -0.1) is 10.2 Å². The molecule has 0 bridgehead atoms. The van der Waals surface area contributed by atoms with E-state index in [1.54, 1.807) is 11.6 Å². The fourth-order valence-corrected chi connectivity index (χ4v) is 2.69. The van der Waals surface area contributed by atoms with E-state index in [1.165, 1.54) is 35.2 Å². The molecule has 0 fully saturated rings. The number of carbonyl (C=O) groups is 1. The molecule has 0 saturated heterocycles. The number of carboxylic acids is 1. The lowest BCUT2D eigenvalue weighted by Crippen LogP contribution is -1.94. The maximum atomic E-state index is 10.8. The van der Waals surface area contributed by atoms with Crippen LogP contribution in [0, 0.1) is 0 Å². The second kappa shape index (κ2) is 4.39. The van der Waals surface area contributed by atoms with Gasteiger partial charge in [0.2, 0.25) is 0 Å². The molecule has 2 aromatic heterocycles. The normalized spacial score (nSPS) is 10.9. The molecule has 1 aromatic carbocycles. The van der Waals surface area contributed by atoms with E-state index in [-0.39, 0.29) is 5.56 Å². The van der Waals surface area contributed by atoms with Gasteiger partial charge in [-0.2, -0.15) is 0 Å². The Morgan fingerprint density at radius 3 is 3.06 bits per heavy atom. The Morgan fingerprint density at radius 1 is 1.44 bits per heavy atom. The van der Waals surface area contributed by atoms with Crippen molar-refractivity contribution >= 4 is 40.2 Å². The van der Waals surface area contributed by atoms with Gasteiger partial charge < -0.3 is 9.52 Å². The number of aromatic carboxylic acids is 1. The molecule has 8 heteroatoms. The molecule has 90 valence electrons. The number of aromatic nitrogens is 3. The molecule has 0 atom stereocenters. The number of carboxylic acid groups (broad SMARTS) is 1. The summed E-state index contributed by atoms with van der Waals surface area (Å²) < 4.78 is 6.18. The number of rotatable bonds is 3. The van der Waals surface area contributed by atoms with Crippen LogP contribution in [-0.4, -0.2) is 26.3 Å². The van der Waals surface area contributed by atoms with Crippen molar-refractivity contribution in [2.45, 2.75) is 9.56 Å². The van der Waals surface area contributed by atoms with Crippen LogP contribution in [-0.2, 0) is 0 Å². The smallest absolute Gasteiger partial charge is 0.335 e. The Morgan fingerprint density at radius 2 is 2.33 bits per heavy atom. The van der Waals surface area contributed by atoms with E-state index >= 15 is 0 Å². The summed E-state index contributed by atoms with van der Waals surface area (Å²) >= 11 is 2.64. The highest BCUT2D eigenvalue weighted by molar-refractivity contribution is 8.00. The highest BCUT2D eigenvalue weighted by Crippen LogP contribution is 2.30. The second-order valence-corrected chi connectivity index (χ2v) is 5.31. The molecule has 3 aromatic rings. The standard InChI is InChI=1S/C10H5N3O3S2/c14-8(15)5-1-2-6-7(3-5)16-9(12-6)18-10-13-11-4-17-10/h1-4H,(H,14,15). The molecule has 2 heterocycles. The summed E-state index contributed by atoms with van der Waals surface area (Å²) in [7, 11) is 0. The molecule has 0 aliphatic heterocycles. The minimum absolute atomic E-state index is 0.172. The zero-order valence-electron chi connectivity index (χ0n) is 8.73. The van der Waals surface area contributed by atoms with Gasteiger partial charge in [0.05, 0.1) is 5.56 Å². The summed E-state index contributed by atoms with van der Waals surface area (Å²) in [5, 5.41) is 16.9. The first-order valence-electron chi connectivity index (χ1n) is 4.80. The van der Waals surface area contributed by atoms with E-state index in [4.69, 9.17) is 9.52 Å². The van der Waals surface area contributed by atoms with Crippen LogP contribution in [0.1, 0.15) is 10.4 Å². The summed E-state index contributed by atoms with van der Waals surface area (Å²) in [6.45, 7) is 0. The lowest BCUT2D eigenvalue weighted by atomic mass is 10.2. The summed E-state index contributed by atoms with van der Waals surface area (Å²) in [6.07, 6.45) is 0. The summed E-state index contributed by atoms with van der Waals surface area (Å²) in [4.78, 5) is 15.1. The molecule has 0 amide bonds. The van der Waals surface area contributed by atoms with Crippen molar-refractivity contribution in [3.8, 4) is 0 Å². The van der Waals surface area contributed by atoms with E-state index in [0.29, 0.717) is 16.3 Å². The Labute approximate surface area is 109 Å². The van der Waals surface area contributed by atoms with Crippen LogP contribution in [0.5, 0.6) is 0 Å². The molecule has 0 aliphatic rings. The van der Waals surface area contributed by atoms with Crippen molar-refractivity contribution in [2.24, 2.45) is 0 Å². The maximum Gasteiger partial charge on any atom is 0.335 e. The third kappa shape index (κ3) is 2.07. The lowest BCUT2D eigenvalue weighted by Gasteiger charge is -1.91. The topological polar surface area (TPSA) is 89.1 Å². The van der Waals surface area contributed by atoms with Crippen molar-refractivity contribution < 1.29 is 14.3 Å². The largest absolute Gasteiger partial charge is 0.478 e. The van der Waals surface area contributed by atoms with Crippen LogP contribution in [0.3, 0.4) is 0 Å². The first-order valence-corrected chi connectivity index (χ1v) is 6.50. The van der Waals surface area contributed by atoms with E-state index in [2.05, 4.69) is 15.2 Å². The van der Waals surface area contributed by atoms with E-state index in [9.17, 15) is 4.79 Å². The van der Waals surface area contributed by atoms with Gasteiger partial charge in [-0.05, 0) is 18.2 Å². The molecule has 0 spiro atoms. The average Bonchev–Trinajstić information content (AvgIpc) is 2.96. The van der Waals surface area contributed by atoms with Gasteiger partial charge in [-0.3, -0.25) is 0 Å². The fraction of sp³-hybridized carbons (Fsp3) is 0. The van der Waals surface area contributed by atoms with Gasteiger partial charge in [-0.25, -0.2) is 9.78 Å². The van der Waals surface area contributed by atoms with Crippen LogP contribution in [0.2, 0.25) is 0 Å². The molecular weight excluding hydrogens is 274 g/mol. The summed E-state index contributed by atoms with van der Waals surface area (Å²) in [5.41, 5.74) is 2.85. The molecule has 0 radical (unpaired) electrons. The van der Waals surface area contributed by atoms with E-state index in [1.807, 2.05) is 0 Å². The highest BCUT2D eigenvalue weighted by Gasteiger charge is 2.11. The van der Waals surface area contributed by atoms with E-state index < -0.39 is 5.97 Å². The zero-order valence-corrected chi connectivity index (χ0v) is 10.4. The predicted molar refractivity (Wildman–Crippen MR) is 65.0 cm³/mol. The minimum atomic E-state index is -0.994. The van der Waals surface area contributed by atoms with Crippen LogP contribution in [0.25, 0.3) is 11.1 Å². The van der Waals surface area contributed by atoms with Crippen molar-refractivity contribution in [3.05, 3.63) is 29.3 Å². The molecule has 0 unspecified atom stereocenters. The summed E-state index contributed by atoms with van der Waals surface area (Å²) in [5.74, 6) is -0.994. The van der Waals surface area contributed by atoms with Crippen LogP contribution >= 0.6 is 23.1 Å². The maximum absolute atomic E-state index is 10.8. The second-order valence-electron chi connectivity index (χ2n) is 3.27. The molecule has 6 nitrogen and oxygen atoms in total. The molecule has 0 saturated carbocycles. The van der Waals surface area contributed by atoms with Crippen LogP contribution in [0.15, 0.2) is 37.7 Å². The first-order chi connectivity index (χ1) is 8.72. The minimum Gasteiger partial charge on any atom is -0.478 e. The van der Waals surface area contributed by atoms with Gasteiger partial charge in [0.15, 0.2) is 9.92 Å². The fourth-order valence-electron chi connectivity index (χ4n) is 1.36. The number of hydrogen-bond acceptors (Lipinski definition) is 7. The third-order valence-corrected chi connectivity index (χ3v) is 3.76. The Balaban J connectivity index is 1.98. The monoisotopic (exact) mass is 279 g/mol. The van der Waals surface area contributed by atoms with Gasteiger partial charge >= 0.3 is 5.97 Å². The molecule has 3 rings (SSSR count). The Hall–Kier alpha value is -1.93. The molecule has 1 N–H and O–H groups in total. The first kappa shape index (κ1) is 11.2. The predicted octanol–water partition coefficient (Wildman–Crippen LogP) is 2.53. The average molecular weight is 279 g/mol. The lowest BCUT2D eigenvalue weighted by molar-refractivity contribution is 0.0697. The van der Waals surface area contributed by atoms with Gasteiger partial charge in [-0.1, -0.05) is 11.3 Å². The molecular formula is C10H5N3O3S2. The Bertz CT molecular complexity index is 708. The van der Waals surface area contributed by atoms with E-state index in [0.717, 1.165) is 4.34 Å².